The van der Waals surface area contributed by atoms with Gasteiger partial charge in [-0.1, -0.05) is 6.92 Å². The second-order valence-corrected chi connectivity index (χ2v) is 6.13. The molecule has 1 aliphatic rings. The summed E-state index contributed by atoms with van der Waals surface area (Å²) < 4.78 is 5.64. The molecule has 0 saturated carbocycles. The van der Waals surface area contributed by atoms with E-state index >= 15 is 0 Å². The summed E-state index contributed by atoms with van der Waals surface area (Å²) in [5, 5.41) is 3.44. The molecular weight excluding hydrogens is 244 g/mol. The van der Waals surface area contributed by atoms with Gasteiger partial charge >= 0.3 is 0 Å². The molecule has 1 atom stereocenters. The van der Waals surface area contributed by atoms with Crippen molar-refractivity contribution in [1.29, 1.82) is 0 Å². The molecule has 18 heavy (non-hydrogen) atoms. The zero-order valence-electron chi connectivity index (χ0n) is 11.4. The van der Waals surface area contributed by atoms with Gasteiger partial charge in [0.15, 0.2) is 0 Å². The summed E-state index contributed by atoms with van der Waals surface area (Å²) in [6.07, 6.45) is 4.30. The van der Waals surface area contributed by atoms with Gasteiger partial charge in [0.25, 0.3) is 0 Å². The summed E-state index contributed by atoms with van der Waals surface area (Å²) >= 11 is 2.06. The third-order valence-corrected chi connectivity index (χ3v) is 4.65. The topological polar surface area (TPSA) is 28.4 Å². The molecule has 0 aromatic carbocycles. The molecule has 1 unspecified atom stereocenters. The van der Waals surface area contributed by atoms with Crippen molar-refractivity contribution in [1.82, 2.24) is 10.2 Å². The fourth-order valence-corrected chi connectivity index (χ4v) is 3.59. The largest absolute Gasteiger partial charge is 0.468 e. The van der Waals surface area contributed by atoms with Gasteiger partial charge in [-0.15, -0.1) is 0 Å². The van der Waals surface area contributed by atoms with Crippen molar-refractivity contribution < 1.29 is 4.42 Å². The Morgan fingerprint density at radius 2 is 2.44 bits per heavy atom. The van der Waals surface area contributed by atoms with E-state index in [9.17, 15) is 0 Å². The van der Waals surface area contributed by atoms with Crippen molar-refractivity contribution in [3.05, 3.63) is 23.7 Å². The number of hydrogen-bond donors (Lipinski definition) is 1. The van der Waals surface area contributed by atoms with E-state index in [0.717, 1.165) is 31.4 Å². The second-order valence-electron chi connectivity index (χ2n) is 4.98. The average molecular weight is 268 g/mol. The van der Waals surface area contributed by atoms with E-state index in [1.807, 2.05) is 6.26 Å². The first-order valence-corrected chi connectivity index (χ1v) is 8.00. The zero-order valence-corrected chi connectivity index (χ0v) is 12.3. The monoisotopic (exact) mass is 268 g/mol. The molecule has 102 valence electrons. The maximum Gasteiger partial charge on any atom is 0.122 e. The lowest BCUT2D eigenvalue weighted by Crippen LogP contribution is -2.31. The molecule has 0 bridgehead atoms. The van der Waals surface area contributed by atoms with Crippen molar-refractivity contribution in [3.8, 4) is 0 Å². The Bertz CT molecular complexity index is 347. The van der Waals surface area contributed by atoms with E-state index in [4.69, 9.17) is 4.42 Å². The van der Waals surface area contributed by atoms with Crippen molar-refractivity contribution in [2.45, 2.75) is 38.9 Å². The molecule has 3 nitrogen and oxygen atoms in total. The Hall–Kier alpha value is -0.450. The van der Waals surface area contributed by atoms with Gasteiger partial charge in [-0.25, -0.2) is 0 Å². The van der Waals surface area contributed by atoms with Crippen LogP contribution in [-0.4, -0.2) is 36.0 Å². The molecule has 0 amide bonds. The number of thioether (sulfide) groups is 1. The van der Waals surface area contributed by atoms with Gasteiger partial charge in [-0.2, -0.15) is 11.8 Å². The van der Waals surface area contributed by atoms with E-state index < -0.39 is 0 Å². The molecule has 1 aromatic rings. The zero-order chi connectivity index (χ0) is 12.8. The number of furan rings is 1. The van der Waals surface area contributed by atoms with Gasteiger partial charge in [0.2, 0.25) is 0 Å². The van der Waals surface area contributed by atoms with Crippen LogP contribution in [-0.2, 0) is 13.1 Å². The summed E-state index contributed by atoms with van der Waals surface area (Å²) in [5.74, 6) is 3.69. The lowest BCUT2D eigenvalue weighted by molar-refractivity contribution is 0.233. The Kier molecular flexibility index (Phi) is 5.60. The second kappa shape index (κ2) is 7.22. The molecule has 2 heterocycles. The quantitative estimate of drug-likeness (QED) is 0.770. The van der Waals surface area contributed by atoms with E-state index in [1.54, 1.807) is 0 Å². The van der Waals surface area contributed by atoms with Crippen molar-refractivity contribution in [2.75, 3.05) is 25.1 Å². The molecule has 0 aliphatic carbocycles. The highest BCUT2D eigenvalue weighted by Crippen LogP contribution is 2.23. The fourth-order valence-electron chi connectivity index (χ4n) is 2.29. The molecule has 2 rings (SSSR count). The Morgan fingerprint density at radius 3 is 3.17 bits per heavy atom. The molecule has 1 N–H and O–H groups in total. The highest BCUT2D eigenvalue weighted by atomic mass is 32.2. The number of rotatable bonds is 7. The molecule has 1 saturated heterocycles. The van der Waals surface area contributed by atoms with Crippen molar-refractivity contribution in [2.24, 2.45) is 0 Å². The standard InChI is InChI=1S/C14H24N2OS/c1-3-6-15-9-12-4-7-17-14(12)10-16(2)13-5-8-18-11-13/h4,7,13,15H,3,5-6,8-11H2,1-2H3. The van der Waals surface area contributed by atoms with Crippen LogP contribution in [0, 0.1) is 0 Å². The SMILES string of the molecule is CCCNCc1ccoc1CN(C)C1CCSC1. The van der Waals surface area contributed by atoms with Gasteiger partial charge in [0.1, 0.15) is 5.76 Å². The predicted molar refractivity (Wildman–Crippen MR) is 77.9 cm³/mol. The van der Waals surface area contributed by atoms with E-state index in [0.29, 0.717) is 0 Å². The van der Waals surface area contributed by atoms with Gasteiger partial charge in [0, 0.05) is 23.9 Å². The van der Waals surface area contributed by atoms with Gasteiger partial charge in [-0.3, -0.25) is 4.90 Å². The molecule has 1 fully saturated rings. The van der Waals surface area contributed by atoms with Crippen LogP contribution in [0.15, 0.2) is 16.7 Å². The minimum Gasteiger partial charge on any atom is -0.468 e. The maximum atomic E-state index is 5.64. The third-order valence-electron chi connectivity index (χ3n) is 3.50. The van der Waals surface area contributed by atoms with E-state index in [1.165, 1.54) is 29.9 Å². The Balaban J connectivity index is 1.86. The highest BCUT2D eigenvalue weighted by molar-refractivity contribution is 7.99. The predicted octanol–water partition coefficient (Wildman–Crippen LogP) is 2.72. The van der Waals surface area contributed by atoms with Crippen LogP contribution in [0.2, 0.25) is 0 Å². The molecule has 4 heteroatoms. The van der Waals surface area contributed by atoms with Crippen LogP contribution in [0.25, 0.3) is 0 Å². The van der Waals surface area contributed by atoms with Gasteiger partial charge in [0.05, 0.1) is 12.8 Å². The highest BCUT2D eigenvalue weighted by Gasteiger charge is 2.21. The van der Waals surface area contributed by atoms with Crippen LogP contribution in [0.5, 0.6) is 0 Å². The summed E-state index contributed by atoms with van der Waals surface area (Å²) in [5.41, 5.74) is 1.31. The van der Waals surface area contributed by atoms with Crippen LogP contribution < -0.4 is 5.32 Å². The molecule has 0 spiro atoms. The Labute approximate surface area is 114 Å². The van der Waals surface area contributed by atoms with Crippen molar-refractivity contribution >= 4 is 11.8 Å². The number of hydrogen-bond acceptors (Lipinski definition) is 4. The summed E-state index contributed by atoms with van der Waals surface area (Å²) in [6.45, 7) is 5.11. The van der Waals surface area contributed by atoms with E-state index in [2.05, 4.69) is 42.0 Å². The van der Waals surface area contributed by atoms with Gasteiger partial charge < -0.3 is 9.73 Å². The fraction of sp³-hybridized carbons (Fsp3) is 0.714. The first-order chi connectivity index (χ1) is 8.81. The number of nitrogens with one attached hydrogen (secondary N) is 1. The van der Waals surface area contributed by atoms with Gasteiger partial charge in [-0.05, 0) is 38.3 Å². The molecular formula is C14H24N2OS. The van der Waals surface area contributed by atoms with E-state index in [-0.39, 0.29) is 0 Å². The van der Waals surface area contributed by atoms with Crippen LogP contribution in [0.4, 0.5) is 0 Å². The summed E-state index contributed by atoms with van der Waals surface area (Å²) in [6, 6.07) is 2.81. The van der Waals surface area contributed by atoms with Crippen LogP contribution in [0.3, 0.4) is 0 Å². The number of nitrogens with zero attached hydrogens (tertiary/aromatic N) is 1. The minimum atomic E-state index is 0.719. The minimum absolute atomic E-state index is 0.719. The third kappa shape index (κ3) is 3.77. The molecule has 1 aromatic heterocycles. The summed E-state index contributed by atoms with van der Waals surface area (Å²) in [4.78, 5) is 2.43. The first kappa shape index (κ1) is 14.0. The lowest BCUT2D eigenvalue weighted by atomic mass is 10.2. The molecule has 0 radical (unpaired) electrons. The van der Waals surface area contributed by atoms with Crippen LogP contribution >= 0.6 is 11.8 Å². The summed E-state index contributed by atoms with van der Waals surface area (Å²) in [7, 11) is 2.21. The smallest absolute Gasteiger partial charge is 0.122 e. The molecule has 1 aliphatic heterocycles. The Morgan fingerprint density at radius 1 is 1.56 bits per heavy atom. The van der Waals surface area contributed by atoms with Crippen molar-refractivity contribution in [3.63, 3.8) is 0 Å². The normalized spacial score (nSPS) is 19.8. The van der Waals surface area contributed by atoms with Crippen LogP contribution in [0.1, 0.15) is 31.1 Å². The first-order valence-electron chi connectivity index (χ1n) is 6.85. The lowest BCUT2D eigenvalue weighted by Gasteiger charge is -2.22. The maximum absolute atomic E-state index is 5.64. The average Bonchev–Trinajstić information content (AvgIpc) is 3.01.